The zero-order valence-electron chi connectivity index (χ0n) is 16.9. The molecule has 0 unspecified atom stereocenters. The standard InChI is InChI=1S/C22H25ClN4O2S/c1-15(17-10-5-6-11-18(17)23)24-20(28)14-30-22-26-25-21(19-12-7-13-29-19)27(22)16-8-3-2-4-9-16/h5-7,10-13,15-16H,2-4,8-9,14H2,1H3,(H,24,28)/t15-/m1/s1. The molecular weight excluding hydrogens is 420 g/mol. The van der Waals surface area contributed by atoms with E-state index in [4.69, 9.17) is 16.0 Å². The predicted molar refractivity (Wildman–Crippen MR) is 119 cm³/mol. The van der Waals surface area contributed by atoms with Crippen LogP contribution in [0.2, 0.25) is 5.02 Å². The highest BCUT2D eigenvalue weighted by atomic mass is 35.5. The minimum atomic E-state index is -0.165. The van der Waals surface area contributed by atoms with Gasteiger partial charge in [-0.05, 0) is 43.5 Å². The highest BCUT2D eigenvalue weighted by molar-refractivity contribution is 7.99. The fourth-order valence-corrected chi connectivity index (χ4v) is 5.05. The molecule has 30 heavy (non-hydrogen) atoms. The summed E-state index contributed by atoms with van der Waals surface area (Å²) >= 11 is 7.66. The number of carbonyl (C=O) groups excluding carboxylic acids is 1. The number of rotatable bonds is 7. The summed E-state index contributed by atoms with van der Waals surface area (Å²) in [6.45, 7) is 1.93. The molecule has 158 valence electrons. The zero-order valence-corrected chi connectivity index (χ0v) is 18.5. The van der Waals surface area contributed by atoms with E-state index in [-0.39, 0.29) is 17.7 Å². The predicted octanol–water partition coefficient (Wildman–Crippen LogP) is 5.67. The van der Waals surface area contributed by atoms with Crippen molar-refractivity contribution in [2.75, 3.05) is 5.75 Å². The lowest BCUT2D eigenvalue weighted by molar-refractivity contribution is -0.119. The third-order valence-corrected chi connectivity index (χ3v) is 6.71. The number of carbonyl (C=O) groups is 1. The molecular formula is C22H25ClN4O2S. The summed E-state index contributed by atoms with van der Waals surface area (Å²) in [5.74, 6) is 1.64. The molecule has 6 nitrogen and oxygen atoms in total. The fraction of sp³-hybridized carbons (Fsp3) is 0.409. The van der Waals surface area contributed by atoms with Gasteiger partial charge in [0.2, 0.25) is 11.7 Å². The van der Waals surface area contributed by atoms with E-state index >= 15 is 0 Å². The normalized spacial score (nSPS) is 15.8. The van der Waals surface area contributed by atoms with Gasteiger partial charge in [0.15, 0.2) is 10.9 Å². The zero-order chi connectivity index (χ0) is 20.9. The van der Waals surface area contributed by atoms with Crippen LogP contribution in [0, 0.1) is 0 Å². The Bertz CT molecular complexity index is 983. The third kappa shape index (κ3) is 4.73. The number of hydrogen-bond acceptors (Lipinski definition) is 5. The van der Waals surface area contributed by atoms with Crippen LogP contribution in [0.4, 0.5) is 0 Å². The van der Waals surface area contributed by atoms with Crippen molar-refractivity contribution in [2.45, 2.75) is 56.3 Å². The smallest absolute Gasteiger partial charge is 0.230 e. The van der Waals surface area contributed by atoms with Crippen molar-refractivity contribution in [3.63, 3.8) is 0 Å². The lowest BCUT2D eigenvalue weighted by Crippen LogP contribution is -2.28. The number of nitrogens with one attached hydrogen (secondary N) is 1. The van der Waals surface area contributed by atoms with Crippen LogP contribution >= 0.6 is 23.4 Å². The summed E-state index contributed by atoms with van der Waals surface area (Å²) in [5, 5.41) is 13.2. The van der Waals surface area contributed by atoms with Crippen LogP contribution in [0.3, 0.4) is 0 Å². The maximum atomic E-state index is 12.6. The second-order valence-electron chi connectivity index (χ2n) is 7.54. The van der Waals surface area contributed by atoms with Gasteiger partial charge in [-0.15, -0.1) is 10.2 Å². The van der Waals surface area contributed by atoms with Gasteiger partial charge in [0.1, 0.15) is 0 Å². The van der Waals surface area contributed by atoms with Gasteiger partial charge in [-0.2, -0.15) is 0 Å². The maximum Gasteiger partial charge on any atom is 0.230 e. The molecule has 2 heterocycles. The summed E-state index contributed by atoms with van der Waals surface area (Å²) in [5.41, 5.74) is 0.906. The third-order valence-electron chi connectivity index (χ3n) is 5.43. The van der Waals surface area contributed by atoms with E-state index in [1.54, 1.807) is 6.26 Å². The molecule has 8 heteroatoms. The van der Waals surface area contributed by atoms with Crippen LogP contribution < -0.4 is 5.32 Å². The van der Waals surface area contributed by atoms with Gasteiger partial charge in [0.25, 0.3) is 0 Å². The highest BCUT2D eigenvalue weighted by Gasteiger charge is 2.25. The van der Waals surface area contributed by atoms with Crippen molar-refractivity contribution in [3.8, 4) is 11.6 Å². The first-order chi connectivity index (χ1) is 14.6. The molecule has 0 bridgehead atoms. The Hall–Kier alpha value is -2.25. The number of benzene rings is 1. The van der Waals surface area contributed by atoms with Crippen molar-refractivity contribution in [1.29, 1.82) is 0 Å². The molecule has 2 aromatic heterocycles. The Balaban J connectivity index is 1.46. The molecule has 3 aromatic rings. The van der Waals surface area contributed by atoms with E-state index < -0.39 is 0 Å². The summed E-state index contributed by atoms with van der Waals surface area (Å²) in [6.07, 6.45) is 7.48. The van der Waals surface area contributed by atoms with Crippen molar-refractivity contribution in [1.82, 2.24) is 20.1 Å². The van der Waals surface area contributed by atoms with Crippen LogP contribution in [0.1, 0.15) is 56.7 Å². The van der Waals surface area contributed by atoms with E-state index in [1.807, 2.05) is 43.3 Å². The van der Waals surface area contributed by atoms with Crippen LogP contribution in [0.5, 0.6) is 0 Å². The number of halogens is 1. The minimum Gasteiger partial charge on any atom is -0.461 e. The van der Waals surface area contributed by atoms with Gasteiger partial charge in [0, 0.05) is 11.1 Å². The first-order valence-electron chi connectivity index (χ1n) is 10.3. The molecule has 0 aliphatic heterocycles. The molecule has 1 atom stereocenters. The lowest BCUT2D eigenvalue weighted by atomic mass is 9.95. The molecule has 1 aromatic carbocycles. The molecule has 0 radical (unpaired) electrons. The Labute approximate surface area is 185 Å². The SMILES string of the molecule is C[C@@H](NC(=O)CSc1nnc(-c2ccco2)n1C1CCCCC1)c1ccccc1Cl. The van der Waals surface area contributed by atoms with E-state index in [0.717, 1.165) is 29.4 Å². The van der Waals surface area contributed by atoms with Crippen molar-refractivity contribution in [3.05, 3.63) is 53.2 Å². The van der Waals surface area contributed by atoms with E-state index in [2.05, 4.69) is 20.1 Å². The number of hydrogen-bond donors (Lipinski definition) is 1. The van der Waals surface area contributed by atoms with Gasteiger partial charge in [-0.1, -0.05) is 60.8 Å². The highest BCUT2D eigenvalue weighted by Crippen LogP contribution is 2.35. The van der Waals surface area contributed by atoms with Crippen molar-refractivity contribution >= 4 is 29.3 Å². The largest absolute Gasteiger partial charge is 0.461 e. The quantitative estimate of drug-likeness (QED) is 0.475. The first kappa shape index (κ1) is 21.0. The van der Waals surface area contributed by atoms with Crippen molar-refractivity contribution < 1.29 is 9.21 Å². The maximum absolute atomic E-state index is 12.6. The summed E-state index contributed by atoms with van der Waals surface area (Å²) < 4.78 is 7.74. The number of thioether (sulfide) groups is 1. The number of nitrogens with zero attached hydrogens (tertiary/aromatic N) is 3. The second-order valence-corrected chi connectivity index (χ2v) is 8.89. The molecule has 1 saturated carbocycles. The first-order valence-corrected chi connectivity index (χ1v) is 11.6. The average molecular weight is 445 g/mol. The number of aromatic nitrogens is 3. The molecule has 1 aliphatic carbocycles. The average Bonchev–Trinajstić information content (AvgIpc) is 3.43. The molecule has 1 fully saturated rings. The lowest BCUT2D eigenvalue weighted by Gasteiger charge is -2.25. The molecule has 0 spiro atoms. The summed E-state index contributed by atoms with van der Waals surface area (Å²) in [4.78, 5) is 12.6. The van der Waals surface area contributed by atoms with E-state index in [9.17, 15) is 4.79 Å². The number of furan rings is 1. The van der Waals surface area contributed by atoms with E-state index in [0.29, 0.717) is 16.8 Å². The van der Waals surface area contributed by atoms with Gasteiger partial charge in [-0.3, -0.25) is 9.36 Å². The Morgan fingerprint density at radius 1 is 1.23 bits per heavy atom. The fourth-order valence-electron chi connectivity index (χ4n) is 3.93. The van der Waals surface area contributed by atoms with Crippen molar-refractivity contribution in [2.24, 2.45) is 0 Å². The molecule has 4 rings (SSSR count). The van der Waals surface area contributed by atoms with Crippen LogP contribution in [-0.4, -0.2) is 26.4 Å². The number of amides is 1. The molecule has 1 N–H and O–H groups in total. The topological polar surface area (TPSA) is 73.0 Å². The monoisotopic (exact) mass is 444 g/mol. The van der Waals surface area contributed by atoms with Crippen LogP contribution in [0.25, 0.3) is 11.6 Å². The van der Waals surface area contributed by atoms with Gasteiger partial charge < -0.3 is 9.73 Å². The van der Waals surface area contributed by atoms with Gasteiger partial charge in [0.05, 0.1) is 18.1 Å². The molecule has 1 amide bonds. The summed E-state index contributed by atoms with van der Waals surface area (Å²) in [6, 6.07) is 11.5. The van der Waals surface area contributed by atoms with Gasteiger partial charge in [-0.25, -0.2) is 0 Å². The van der Waals surface area contributed by atoms with Crippen LogP contribution in [0.15, 0.2) is 52.2 Å². The second kappa shape index (κ2) is 9.71. The minimum absolute atomic E-state index is 0.0647. The Morgan fingerprint density at radius 2 is 2.03 bits per heavy atom. The Morgan fingerprint density at radius 3 is 2.77 bits per heavy atom. The molecule has 1 aliphatic rings. The van der Waals surface area contributed by atoms with E-state index in [1.165, 1.54) is 31.0 Å². The Kier molecular flexibility index (Phi) is 6.79. The summed E-state index contributed by atoms with van der Waals surface area (Å²) in [7, 11) is 0. The van der Waals surface area contributed by atoms with Crippen LogP contribution in [-0.2, 0) is 4.79 Å². The molecule has 0 saturated heterocycles. The van der Waals surface area contributed by atoms with Gasteiger partial charge >= 0.3 is 0 Å².